The van der Waals surface area contributed by atoms with Crippen LogP contribution >= 0.6 is 0 Å². The summed E-state index contributed by atoms with van der Waals surface area (Å²) < 4.78 is 16.2. The topological polar surface area (TPSA) is 60.0 Å². The number of benzene rings is 1. The standard InChI is InChI=1S/C20H32N2O4/c1-15(2)17(22-10-12-26-13-11-22)14-21-19(23)9-8-16-6-5-7-18(24-3)20(16)25-4/h5-7,15,17H,8-14H2,1-4H3,(H,21,23). The van der Waals surface area contributed by atoms with Gasteiger partial charge in [0.25, 0.3) is 0 Å². The third-order valence-electron chi connectivity index (χ3n) is 4.90. The van der Waals surface area contributed by atoms with Crippen molar-refractivity contribution < 1.29 is 19.0 Å². The largest absolute Gasteiger partial charge is 0.493 e. The second-order valence-electron chi connectivity index (χ2n) is 6.92. The molecule has 146 valence electrons. The number of carbonyl (C=O) groups is 1. The maximum atomic E-state index is 12.4. The number of nitrogens with one attached hydrogen (secondary N) is 1. The number of rotatable bonds is 9. The van der Waals surface area contributed by atoms with E-state index >= 15 is 0 Å². The number of hydrogen-bond donors (Lipinski definition) is 1. The van der Waals surface area contributed by atoms with E-state index in [2.05, 4.69) is 24.1 Å². The second-order valence-corrected chi connectivity index (χ2v) is 6.92. The van der Waals surface area contributed by atoms with Crippen LogP contribution in [-0.4, -0.2) is 63.9 Å². The van der Waals surface area contributed by atoms with Crippen molar-refractivity contribution in [3.8, 4) is 11.5 Å². The highest BCUT2D eigenvalue weighted by molar-refractivity contribution is 5.76. The summed E-state index contributed by atoms with van der Waals surface area (Å²) >= 11 is 0. The third-order valence-corrected chi connectivity index (χ3v) is 4.90. The van der Waals surface area contributed by atoms with Gasteiger partial charge in [-0.1, -0.05) is 26.0 Å². The molecule has 1 saturated heterocycles. The molecule has 6 heteroatoms. The third kappa shape index (κ3) is 5.61. The maximum absolute atomic E-state index is 12.4. The fraction of sp³-hybridized carbons (Fsp3) is 0.650. The summed E-state index contributed by atoms with van der Waals surface area (Å²) in [6.45, 7) is 8.48. The molecular weight excluding hydrogens is 332 g/mol. The number of methoxy groups -OCH3 is 2. The molecule has 0 radical (unpaired) electrons. The van der Waals surface area contributed by atoms with E-state index < -0.39 is 0 Å². The molecule has 1 aliphatic heterocycles. The molecule has 1 aromatic rings. The van der Waals surface area contributed by atoms with Gasteiger partial charge in [-0.15, -0.1) is 0 Å². The molecule has 1 heterocycles. The molecule has 1 unspecified atom stereocenters. The molecule has 1 aromatic carbocycles. The van der Waals surface area contributed by atoms with Crippen LogP contribution in [0.25, 0.3) is 0 Å². The number of amides is 1. The molecule has 26 heavy (non-hydrogen) atoms. The molecule has 0 saturated carbocycles. The fourth-order valence-electron chi connectivity index (χ4n) is 3.40. The van der Waals surface area contributed by atoms with Gasteiger partial charge in [0, 0.05) is 32.1 Å². The number of hydrogen-bond acceptors (Lipinski definition) is 5. The van der Waals surface area contributed by atoms with Crippen LogP contribution in [0.5, 0.6) is 11.5 Å². The monoisotopic (exact) mass is 364 g/mol. The van der Waals surface area contributed by atoms with Crippen LogP contribution in [0.1, 0.15) is 25.8 Å². The van der Waals surface area contributed by atoms with E-state index in [0.717, 1.165) is 31.9 Å². The highest BCUT2D eigenvalue weighted by atomic mass is 16.5. The smallest absolute Gasteiger partial charge is 0.220 e. The zero-order valence-corrected chi connectivity index (χ0v) is 16.4. The van der Waals surface area contributed by atoms with E-state index in [-0.39, 0.29) is 5.91 Å². The van der Waals surface area contributed by atoms with Gasteiger partial charge in [-0.3, -0.25) is 9.69 Å². The van der Waals surface area contributed by atoms with E-state index in [1.54, 1.807) is 14.2 Å². The molecule has 0 spiro atoms. The molecule has 1 fully saturated rings. The van der Waals surface area contributed by atoms with Crippen LogP contribution < -0.4 is 14.8 Å². The van der Waals surface area contributed by atoms with Gasteiger partial charge < -0.3 is 19.5 Å². The molecule has 6 nitrogen and oxygen atoms in total. The van der Waals surface area contributed by atoms with Crippen molar-refractivity contribution in [1.82, 2.24) is 10.2 Å². The number of carbonyl (C=O) groups excluding carboxylic acids is 1. The van der Waals surface area contributed by atoms with Crippen LogP contribution in [0.15, 0.2) is 18.2 Å². The van der Waals surface area contributed by atoms with Crippen molar-refractivity contribution in [2.24, 2.45) is 5.92 Å². The highest BCUT2D eigenvalue weighted by Crippen LogP contribution is 2.31. The summed E-state index contributed by atoms with van der Waals surface area (Å²) in [5, 5.41) is 3.10. The first-order chi connectivity index (χ1) is 12.6. The first kappa shape index (κ1) is 20.5. The van der Waals surface area contributed by atoms with Crippen LogP contribution in [0.4, 0.5) is 0 Å². The number of aryl methyl sites for hydroxylation is 1. The lowest BCUT2D eigenvalue weighted by Crippen LogP contribution is -2.51. The zero-order valence-electron chi connectivity index (χ0n) is 16.4. The minimum Gasteiger partial charge on any atom is -0.493 e. The predicted octanol–water partition coefficient (Wildman–Crippen LogP) is 2.11. The summed E-state index contributed by atoms with van der Waals surface area (Å²) in [6.07, 6.45) is 1.05. The van der Waals surface area contributed by atoms with E-state index in [4.69, 9.17) is 14.2 Å². The maximum Gasteiger partial charge on any atom is 0.220 e. The SMILES string of the molecule is COc1cccc(CCC(=O)NCC(C(C)C)N2CCOCC2)c1OC. The van der Waals surface area contributed by atoms with Gasteiger partial charge in [0.05, 0.1) is 27.4 Å². The second kappa shape index (κ2) is 10.4. The minimum atomic E-state index is 0.0637. The number of morpholine rings is 1. The summed E-state index contributed by atoms with van der Waals surface area (Å²) in [7, 11) is 3.24. The van der Waals surface area contributed by atoms with Crippen molar-refractivity contribution in [1.29, 1.82) is 0 Å². The number of ether oxygens (including phenoxy) is 3. The molecule has 0 aliphatic carbocycles. The predicted molar refractivity (Wildman–Crippen MR) is 102 cm³/mol. The Bertz CT molecular complexity index is 571. The Hall–Kier alpha value is -1.79. The van der Waals surface area contributed by atoms with Gasteiger partial charge in [-0.05, 0) is 24.0 Å². The van der Waals surface area contributed by atoms with Crippen molar-refractivity contribution in [3.63, 3.8) is 0 Å². The Morgan fingerprint density at radius 2 is 1.96 bits per heavy atom. The molecule has 1 N–H and O–H groups in total. The average Bonchev–Trinajstić information content (AvgIpc) is 2.66. The quantitative estimate of drug-likeness (QED) is 0.727. The van der Waals surface area contributed by atoms with Crippen LogP contribution in [0, 0.1) is 5.92 Å². The first-order valence-corrected chi connectivity index (χ1v) is 9.35. The lowest BCUT2D eigenvalue weighted by Gasteiger charge is -2.36. The minimum absolute atomic E-state index is 0.0637. The summed E-state index contributed by atoms with van der Waals surface area (Å²) in [5.74, 6) is 1.94. The van der Waals surface area contributed by atoms with Crippen molar-refractivity contribution in [3.05, 3.63) is 23.8 Å². The van der Waals surface area contributed by atoms with Gasteiger partial charge in [0.15, 0.2) is 11.5 Å². The molecular formula is C20H32N2O4. The van der Waals surface area contributed by atoms with Crippen LogP contribution in [-0.2, 0) is 16.0 Å². The van der Waals surface area contributed by atoms with Gasteiger partial charge in [0.1, 0.15) is 0 Å². The van der Waals surface area contributed by atoms with E-state index in [1.165, 1.54) is 0 Å². The molecule has 0 aromatic heterocycles. The Labute approximate surface area is 156 Å². The van der Waals surface area contributed by atoms with Crippen LogP contribution in [0.3, 0.4) is 0 Å². The molecule has 1 aliphatic rings. The van der Waals surface area contributed by atoms with Gasteiger partial charge >= 0.3 is 0 Å². The van der Waals surface area contributed by atoms with E-state index in [0.29, 0.717) is 42.8 Å². The average molecular weight is 364 g/mol. The summed E-state index contributed by atoms with van der Waals surface area (Å²) in [5.41, 5.74) is 0.982. The van der Waals surface area contributed by atoms with E-state index in [9.17, 15) is 4.79 Å². The first-order valence-electron chi connectivity index (χ1n) is 9.35. The fourth-order valence-corrected chi connectivity index (χ4v) is 3.40. The normalized spacial score (nSPS) is 16.3. The van der Waals surface area contributed by atoms with Gasteiger partial charge in [-0.2, -0.15) is 0 Å². The van der Waals surface area contributed by atoms with Crippen molar-refractivity contribution >= 4 is 5.91 Å². The van der Waals surface area contributed by atoms with Gasteiger partial charge in [-0.25, -0.2) is 0 Å². The Kier molecular flexibility index (Phi) is 8.19. The summed E-state index contributed by atoms with van der Waals surface area (Å²) in [4.78, 5) is 14.8. The zero-order chi connectivity index (χ0) is 18.9. The molecule has 1 atom stereocenters. The Morgan fingerprint density at radius 1 is 1.23 bits per heavy atom. The Balaban J connectivity index is 1.86. The lowest BCUT2D eigenvalue weighted by molar-refractivity contribution is -0.121. The lowest BCUT2D eigenvalue weighted by atomic mass is 10.0. The molecule has 1 amide bonds. The highest BCUT2D eigenvalue weighted by Gasteiger charge is 2.24. The van der Waals surface area contributed by atoms with Crippen molar-refractivity contribution in [2.45, 2.75) is 32.7 Å². The number of nitrogens with zero attached hydrogens (tertiary/aromatic N) is 1. The van der Waals surface area contributed by atoms with Gasteiger partial charge in [0.2, 0.25) is 5.91 Å². The molecule has 2 rings (SSSR count). The van der Waals surface area contributed by atoms with E-state index in [1.807, 2.05) is 18.2 Å². The van der Waals surface area contributed by atoms with Crippen molar-refractivity contribution in [2.75, 3.05) is 47.1 Å². The summed E-state index contributed by atoms with van der Waals surface area (Å²) in [6, 6.07) is 6.09. The number of para-hydroxylation sites is 1. The Morgan fingerprint density at radius 3 is 2.58 bits per heavy atom. The van der Waals surface area contributed by atoms with Crippen LogP contribution in [0.2, 0.25) is 0 Å². The molecule has 0 bridgehead atoms.